The van der Waals surface area contributed by atoms with E-state index in [4.69, 9.17) is 0 Å². The molecule has 0 spiro atoms. The molecule has 9 aromatic rings. The van der Waals surface area contributed by atoms with Crippen LogP contribution >= 0.6 is 0 Å². The van der Waals surface area contributed by atoms with Crippen LogP contribution in [0.4, 0.5) is 0 Å². The lowest BCUT2D eigenvalue weighted by atomic mass is 9.84. The standard InChI is InChI=1S/C46H33N/c1-30-18-25-39-41(27-30)45(33-11-5-3-6-12-33)38-24-17-31(2)28-42(38)46(39)34-21-19-32(20-22-34)35-23-26-44-40(29-35)37-15-9-10-16-43(37)47(44)36-13-7-4-8-14-36/h3-29H,1-2H3. The summed E-state index contributed by atoms with van der Waals surface area (Å²) >= 11 is 0. The summed E-state index contributed by atoms with van der Waals surface area (Å²) in [6, 6.07) is 60.2. The molecule has 0 amide bonds. The number of rotatable bonds is 4. The molecule has 47 heavy (non-hydrogen) atoms. The fourth-order valence-corrected chi connectivity index (χ4v) is 7.52. The highest BCUT2D eigenvalue weighted by Gasteiger charge is 2.18. The van der Waals surface area contributed by atoms with Crippen molar-refractivity contribution in [3.63, 3.8) is 0 Å². The van der Waals surface area contributed by atoms with Gasteiger partial charge in [-0.2, -0.15) is 0 Å². The maximum absolute atomic E-state index is 2.37. The molecule has 0 bridgehead atoms. The molecule has 222 valence electrons. The van der Waals surface area contributed by atoms with Crippen molar-refractivity contribution in [3.05, 3.63) is 175 Å². The first kappa shape index (κ1) is 27.4. The average Bonchev–Trinajstić information content (AvgIpc) is 3.45. The molecular formula is C46H33N. The summed E-state index contributed by atoms with van der Waals surface area (Å²) in [6.07, 6.45) is 0. The monoisotopic (exact) mass is 599 g/mol. The van der Waals surface area contributed by atoms with Gasteiger partial charge in [-0.05, 0) is 99.1 Å². The molecular weight excluding hydrogens is 567 g/mol. The highest BCUT2D eigenvalue weighted by Crippen LogP contribution is 2.44. The smallest absolute Gasteiger partial charge is 0.0541 e. The molecule has 0 saturated heterocycles. The SMILES string of the molecule is Cc1ccc2c(-c3ccc(-c4ccc5c(c4)c4ccccc4n5-c4ccccc4)cc3)c3cc(C)ccc3c(-c3ccccc3)c2c1. The topological polar surface area (TPSA) is 4.93 Å². The Labute approximate surface area is 275 Å². The third kappa shape index (κ3) is 4.47. The summed E-state index contributed by atoms with van der Waals surface area (Å²) in [5, 5.41) is 7.71. The van der Waals surface area contributed by atoms with Gasteiger partial charge >= 0.3 is 0 Å². The number of para-hydroxylation sites is 2. The highest BCUT2D eigenvalue weighted by atomic mass is 15.0. The molecule has 0 fully saturated rings. The second kappa shape index (κ2) is 10.9. The fraction of sp³-hybridized carbons (Fsp3) is 0.0435. The third-order valence-corrected chi connectivity index (χ3v) is 9.68. The molecule has 8 aromatic carbocycles. The quantitative estimate of drug-likeness (QED) is 0.177. The molecule has 1 heteroatoms. The van der Waals surface area contributed by atoms with Gasteiger partial charge in [-0.25, -0.2) is 0 Å². The Balaban J connectivity index is 1.22. The molecule has 0 unspecified atom stereocenters. The average molecular weight is 600 g/mol. The predicted octanol–water partition coefficient (Wildman–Crippen LogP) is 12.7. The van der Waals surface area contributed by atoms with Crippen molar-refractivity contribution in [2.45, 2.75) is 13.8 Å². The molecule has 0 aliphatic heterocycles. The van der Waals surface area contributed by atoms with Gasteiger partial charge in [0.1, 0.15) is 0 Å². The number of hydrogen-bond donors (Lipinski definition) is 0. The predicted molar refractivity (Wildman–Crippen MR) is 202 cm³/mol. The maximum atomic E-state index is 2.37. The van der Waals surface area contributed by atoms with E-state index in [9.17, 15) is 0 Å². The van der Waals surface area contributed by atoms with Crippen LogP contribution in [0.25, 0.3) is 82.4 Å². The maximum Gasteiger partial charge on any atom is 0.0541 e. The number of aryl methyl sites for hydroxylation is 2. The minimum absolute atomic E-state index is 1.18. The van der Waals surface area contributed by atoms with E-state index in [2.05, 4.69) is 182 Å². The van der Waals surface area contributed by atoms with E-state index in [1.165, 1.54) is 93.5 Å². The molecule has 0 saturated carbocycles. The van der Waals surface area contributed by atoms with Crippen molar-refractivity contribution >= 4 is 43.4 Å². The van der Waals surface area contributed by atoms with Gasteiger partial charge in [0.25, 0.3) is 0 Å². The van der Waals surface area contributed by atoms with Gasteiger partial charge in [0.2, 0.25) is 0 Å². The minimum Gasteiger partial charge on any atom is -0.309 e. The second-order valence-corrected chi connectivity index (χ2v) is 12.7. The first-order valence-electron chi connectivity index (χ1n) is 16.4. The van der Waals surface area contributed by atoms with Crippen molar-refractivity contribution in [1.29, 1.82) is 0 Å². The van der Waals surface area contributed by atoms with E-state index < -0.39 is 0 Å². The molecule has 0 aliphatic carbocycles. The Morgan fingerprint density at radius 3 is 1.49 bits per heavy atom. The van der Waals surface area contributed by atoms with Crippen LogP contribution in [0, 0.1) is 13.8 Å². The zero-order chi connectivity index (χ0) is 31.5. The van der Waals surface area contributed by atoms with Crippen LogP contribution in [-0.4, -0.2) is 4.57 Å². The number of nitrogens with zero attached hydrogens (tertiary/aromatic N) is 1. The summed E-state index contributed by atoms with van der Waals surface area (Å²) in [4.78, 5) is 0. The van der Waals surface area contributed by atoms with Gasteiger partial charge < -0.3 is 4.57 Å². The van der Waals surface area contributed by atoms with Crippen LogP contribution in [0.5, 0.6) is 0 Å². The zero-order valence-corrected chi connectivity index (χ0v) is 26.5. The second-order valence-electron chi connectivity index (χ2n) is 12.7. The highest BCUT2D eigenvalue weighted by molar-refractivity contribution is 6.21. The zero-order valence-electron chi connectivity index (χ0n) is 26.5. The number of fused-ring (bicyclic) bond motifs is 5. The molecule has 0 radical (unpaired) electrons. The Morgan fingerprint density at radius 1 is 0.319 bits per heavy atom. The van der Waals surface area contributed by atoms with Crippen LogP contribution in [0.3, 0.4) is 0 Å². The molecule has 0 aliphatic rings. The van der Waals surface area contributed by atoms with E-state index in [0.29, 0.717) is 0 Å². The van der Waals surface area contributed by atoms with Crippen molar-refractivity contribution < 1.29 is 0 Å². The first-order valence-corrected chi connectivity index (χ1v) is 16.4. The normalized spacial score (nSPS) is 11.6. The van der Waals surface area contributed by atoms with E-state index >= 15 is 0 Å². The lowest BCUT2D eigenvalue weighted by Gasteiger charge is -2.19. The first-order chi connectivity index (χ1) is 23.1. The minimum atomic E-state index is 1.18. The summed E-state index contributed by atoms with van der Waals surface area (Å²) in [6.45, 7) is 4.38. The Kier molecular flexibility index (Phi) is 6.33. The van der Waals surface area contributed by atoms with Crippen molar-refractivity contribution in [1.82, 2.24) is 4.57 Å². The molecule has 1 aromatic heterocycles. The van der Waals surface area contributed by atoms with E-state index in [-0.39, 0.29) is 0 Å². The Morgan fingerprint density at radius 2 is 0.830 bits per heavy atom. The lowest BCUT2D eigenvalue weighted by Crippen LogP contribution is -1.93. The molecule has 9 rings (SSSR count). The Hall–Kier alpha value is -5.92. The largest absolute Gasteiger partial charge is 0.309 e. The van der Waals surface area contributed by atoms with Crippen LogP contribution < -0.4 is 0 Å². The molecule has 1 nitrogen and oxygen atoms in total. The van der Waals surface area contributed by atoms with Crippen LogP contribution in [0.15, 0.2) is 164 Å². The van der Waals surface area contributed by atoms with Crippen molar-refractivity contribution in [2.75, 3.05) is 0 Å². The lowest BCUT2D eigenvalue weighted by molar-refractivity contribution is 1.18. The summed E-state index contributed by atoms with van der Waals surface area (Å²) < 4.78 is 2.37. The van der Waals surface area contributed by atoms with Crippen molar-refractivity contribution in [2.24, 2.45) is 0 Å². The third-order valence-electron chi connectivity index (χ3n) is 9.68. The van der Waals surface area contributed by atoms with E-state index in [0.717, 1.165) is 0 Å². The Bertz CT molecular complexity index is 2610. The fourth-order valence-electron chi connectivity index (χ4n) is 7.52. The van der Waals surface area contributed by atoms with Gasteiger partial charge in [0, 0.05) is 16.5 Å². The molecule has 0 N–H and O–H groups in total. The number of aromatic nitrogens is 1. The van der Waals surface area contributed by atoms with Crippen molar-refractivity contribution in [3.8, 4) is 39.1 Å². The molecule has 0 atom stereocenters. The summed E-state index contributed by atoms with van der Waals surface area (Å²) in [5.41, 5.74) is 13.7. The summed E-state index contributed by atoms with van der Waals surface area (Å²) in [7, 11) is 0. The van der Waals surface area contributed by atoms with Gasteiger partial charge in [-0.3, -0.25) is 0 Å². The van der Waals surface area contributed by atoms with Gasteiger partial charge in [0.05, 0.1) is 11.0 Å². The van der Waals surface area contributed by atoms with E-state index in [1.54, 1.807) is 0 Å². The number of hydrogen-bond acceptors (Lipinski definition) is 0. The van der Waals surface area contributed by atoms with E-state index in [1.807, 2.05) is 0 Å². The number of benzene rings is 8. The van der Waals surface area contributed by atoms with Crippen LogP contribution in [-0.2, 0) is 0 Å². The summed E-state index contributed by atoms with van der Waals surface area (Å²) in [5.74, 6) is 0. The van der Waals surface area contributed by atoms with Gasteiger partial charge in [-0.15, -0.1) is 0 Å². The van der Waals surface area contributed by atoms with Gasteiger partial charge in [-0.1, -0.05) is 145 Å². The molecule has 1 heterocycles. The van der Waals surface area contributed by atoms with Crippen LogP contribution in [0.2, 0.25) is 0 Å². The van der Waals surface area contributed by atoms with Crippen LogP contribution in [0.1, 0.15) is 11.1 Å². The van der Waals surface area contributed by atoms with Gasteiger partial charge in [0.15, 0.2) is 0 Å².